The summed E-state index contributed by atoms with van der Waals surface area (Å²) in [5.41, 5.74) is 7.73. The second-order valence-corrected chi connectivity index (χ2v) is 10.5. The molecule has 0 aliphatic carbocycles. The van der Waals surface area contributed by atoms with Gasteiger partial charge in [-0.25, -0.2) is 19.0 Å². The molecular weight excluding hydrogens is 580 g/mol. The van der Waals surface area contributed by atoms with Crippen molar-refractivity contribution in [2.24, 2.45) is 0 Å². The fourth-order valence-electron chi connectivity index (χ4n) is 5.27. The van der Waals surface area contributed by atoms with Crippen LogP contribution in [0.3, 0.4) is 0 Å². The van der Waals surface area contributed by atoms with Crippen molar-refractivity contribution >= 4 is 11.9 Å². The number of aromatic carboxylic acids is 2. The number of benzene rings is 5. The molecule has 0 saturated carbocycles. The van der Waals surface area contributed by atoms with Crippen LogP contribution >= 0.6 is 0 Å². The second kappa shape index (κ2) is 11.8. The number of carbonyl (C=O) groups is 2. The highest BCUT2D eigenvalue weighted by molar-refractivity contribution is 5.95. The van der Waals surface area contributed by atoms with Gasteiger partial charge in [0, 0.05) is 11.1 Å². The maximum atomic E-state index is 11.6. The van der Waals surface area contributed by atoms with Crippen LogP contribution in [0, 0.1) is 0 Å². The van der Waals surface area contributed by atoms with E-state index in [1.807, 2.05) is 85.2 Å². The van der Waals surface area contributed by atoms with Crippen molar-refractivity contribution in [3.63, 3.8) is 0 Å². The summed E-state index contributed by atoms with van der Waals surface area (Å²) in [5.74, 6) is -2.04. The van der Waals surface area contributed by atoms with Gasteiger partial charge in [0.1, 0.15) is 11.4 Å². The smallest absolute Gasteiger partial charge is 0.335 e. The van der Waals surface area contributed by atoms with Crippen molar-refractivity contribution in [2.75, 3.05) is 0 Å². The lowest BCUT2D eigenvalue weighted by Crippen LogP contribution is -1.97. The third kappa shape index (κ3) is 5.42. The van der Waals surface area contributed by atoms with E-state index in [1.165, 1.54) is 0 Å². The number of hydrogen-bond acceptors (Lipinski definition) is 6. The maximum absolute atomic E-state index is 11.6. The van der Waals surface area contributed by atoms with Crippen LogP contribution in [0.4, 0.5) is 0 Å². The van der Waals surface area contributed by atoms with Crippen molar-refractivity contribution in [3.8, 4) is 56.1 Å². The number of para-hydroxylation sites is 2. The number of carboxylic acids is 2. The van der Waals surface area contributed by atoms with Crippen LogP contribution in [0.25, 0.3) is 56.1 Å². The highest BCUT2D eigenvalue weighted by atomic mass is 16.4. The highest BCUT2D eigenvalue weighted by Crippen LogP contribution is 2.41. The molecule has 0 radical (unpaired) electrons. The lowest BCUT2D eigenvalue weighted by Gasteiger charge is -2.16. The fraction of sp³-hybridized carbons (Fsp3) is 0. The molecule has 2 aromatic heterocycles. The molecule has 10 heteroatoms. The number of hydrogen-bond donors (Lipinski definition) is 2. The van der Waals surface area contributed by atoms with Gasteiger partial charge in [0.15, 0.2) is 0 Å². The first-order chi connectivity index (χ1) is 22.4. The monoisotopic (exact) mass is 604 g/mol. The molecule has 0 spiro atoms. The fourth-order valence-corrected chi connectivity index (χ4v) is 5.27. The molecule has 0 bridgehead atoms. The SMILES string of the molecule is O=C(O)c1ccc(-c2cc(-c3cn(-c4ccccc4)nn3)c(-c3ccc(C(=O)O)cc3)cc2-c2cn(-c3ccccc3)nn2)cc1. The Hall–Kier alpha value is -6.68. The Morgan fingerprint density at radius 2 is 0.848 bits per heavy atom. The summed E-state index contributed by atoms with van der Waals surface area (Å²) in [6, 6.07) is 36.5. The van der Waals surface area contributed by atoms with E-state index in [0.29, 0.717) is 11.4 Å². The van der Waals surface area contributed by atoms with Gasteiger partial charge in [0.2, 0.25) is 0 Å². The molecule has 0 atom stereocenters. The summed E-state index contributed by atoms with van der Waals surface area (Å²) in [4.78, 5) is 23.3. The van der Waals surface area contributed by atoms with Crippen molar-refractivity contribution in [1.29, 1.82) is 0 Å². The van der Waals surface area contributed by atoms with E-state index in [2.05, 4.69) is 20.6 Å². The highest BCUT2D eigenvalue weighted by Gasteiger charge is 2.20. The topological polar surface area (TPSA) is 136 Å². The van der Waals surface area contributed by atoms with E-state index in [0.717, 1.165) is 44.8 Å². The van der Waals surface area contributed by atoms with Gasteiger partial charge in [-0.15, -0.1) is 10.2 Å². The first-order valence-electron chi connectivity index (χ1n) is 14.3. The van der Waals surface area contributed by atoms with E-state index < -0.39 is 11.9 Å². The van der Waals surface area contributed by atoms with Crippen LogP contribution in [0.5, 0.6) is 0 Å². The molecule has 0 fully saturated rings. The molecule has 7 aromatic rings. The van der Waals surface area contributed by atoms with Crippen LogP contribution in [-0.2, 0) is 0 Å². The predicted molar refractivity (Wildman–Crippen MR) is 172 cm³/mol. The zero-order valence-corrected chi connectivity index (χ0v) is 24.1. The number of rotatable bonds is 8. The molecule has 2 heterocycles. The average Bonchev–Trinajstić information content (AvgIpc) is 3.80. The zero-order valence-electron chi connectivity index (χ0n) is 24.1. The minimum absolute atomic E-state index is 0.168. The molecule has 0 unspecified atom stereocenters. The van der Waals surface area contributed by atoms with Gasteiger partial charge in [-0.1, -0.05) is 71.1 Å². The minimum Gasteiger partial charge on any atom is -0.478 e. The molecule has 5 aromatic carbocycles. The van der Waals surface area contributed by atoms with Gasteiger partial charge >= 0.3 is 11.9 Å². The van der Waals surface area contributed by atoms with E-state index in [1.54, 1.807) is 57.9 Å². The van der Waals surface area contributed by atoms with Crippen LogP contribution in [-0.4, -0.2) is 52.1 Å². The van der Waals surface area contributed by atoms with Gasteiger partial charge in [0.05, 0.1) is 34.9 Å². The lowest BCUT2D eigenvalue weighted by molar-refractivity contribution is 0.0686. The number of nitrogens with zero attached hydrogens (tertiary/aromatic N) is 6. The van der Waals surface area contributed by atoms with Crippen LogP contribution < -0.4 is 0 Å². The van der Waals surface area contributed by atoms with Crippen LogP contribution in [0.1, 0.15) is 20.7 Å². The normalized spacial score (nSPS) is 11.0. The van der Waals surface area contributed by atoms with Gasteiger partial charge in [0.25, 0.3) is 0 Å². The van der Waals surface area contributed by atoms with Crippen LogP contribution in [0.15, 0.2) is 134 Å². The minimum atomic E-state index is -1.02. The first-order valence-corrected chi connectivity index (χ1v) is 14.3. The van der Waals surface area contributed by atoms with Gasteiger partial charge in [-0.3, -0.25) is 0 Å². The standard InChI is InChI=1S/C36H24N6O4/c43-35(44)25-15-11-23(12-16-25)29-20-32(34-22-42(40-38-34)28-9-5-2-6-10-28)30(24-13-17-26(18-14-24)36(45)46)19-31(29)33-21-41(39-37-33)27-7-3-1-4-8-27/h1-22H,(H,43,44)(H,45,46). The van der Waals surface area contributed by atoms with E-state index in [4.69, 9.17) is 0 Å². The number of carboxylic acid groups (broad SMARTS) is 2. The van der Waals surface area contributed by atoms with E-state index >= 15 is 0 Å². The van der Waals surface area contributed by atoms with Crippen molar-refractivity contribution in [3.05, 3.63) is 145 Å². The molecule has 0 aliphatic heterocycles. The Kier molecular flexibility index (Phi) is 7.20. The molecule has 0 aliphatic rings. The average molecular weight is 605 g/mol. The quantitative estimate of drug-likeness (QED) is 0.191. The molecule has 46 heavy (non-hydrogen) atoms. The molecular formula is C36H24N6O4. The van der Waals surface area contributed by atoms with Crippen molar-refractivity contribution in [1.82, 2.24) is 30.0 Å². The molecule has 10 nitrogen and oxygen atoms in total. The third-order valence-electron chi connectivity index (χ3n) is 7.62. The lowest BCUT2D eigenvalue weighted by atomic mass is 9.88. The predicted octanol–water partition coefficient (Wildman–Crippen LogP) is 6.91. The Balaban J connectivity index is 1.46. The van der Waals surface area contributed by atoms with Gasteiger partial charge in [-0.05, 0) is 82.9 Å². The summed E-state index contributed by atoms with van der Waals surface area (Å²) in [7, 11) is 0. The largest absolute Gasteiger partial charge is 0.478 e. The zero-order chi connectivity index (χ0) is 31.6. The van der Waals surface area contributed by atoms with Gasteiger partial charge in [-0.2, -0.15) is 0 Å². The summed E-state index contributed by atoms with van der Waals surface area (Å²) >= 11 is 0. The summed E-state index contributed by atoms with van der Waals surface area (Å²) in [6.45, 7) is 0. The van der Waals surface area contributed by atoms with Crippen LogP contribution in [0.2, 0.25) is 0 Å². The van der Waals surface area contributed by atoms with Crippen molar-refractivity contribution in [2.45, 2.75) is 0 Å². The Bertz CT molecular complexity index is 2030. The first kappa shape index (κ1) is 28.1. The maximum Gasteiger partial charge on any atom is 0.335 e. The van der Waals surface area contributed by atoms with E-state index in [9.17, 15) is 19.8 Å². The summed E-state index contributed by atoms with van der Waals surface area (Å²) in [6.07, 6.45) is 3.67. The molecule has 0 saturated heterocycles. The Labute approximate surface area is 262 Å². The summed E-state index contributed by atoms with van der Waals surface area (Å²) < 4.78 is 3.38. The third-order valence-corrected chi connectivity index (χ3v) is 7.62. The van der Waals surface area contributed by atoms with E-state index in [-0.39, 0.29) is 11.1 Å². The Morgan fingerprint density at radius 1 is 0.478 bits per heavy atom. The van der Waals surface area contributed by atoms with Gasteiger partial charge < -0.3 is 10.2 Å². The molecule has 0 amide bonds. The molecule has 7 rings (SSSR count). The molecule has 2 N–H and O–H groups in total. The van der Waals surface area contributed by atoms with Crippen molar-refractivity contribution < 1.29 is 19.8 Å². The second-order valence-electron chi connectivity index (χ2n) is 10.5. The Morgan fingerprint density at radius 3 is 1.20 bits per heavy atom. The molecule has 222 valence electrons. The summed E-state index contributed by atoms with van der Waals surface area (Å²) in [5, 5.41) is 36.9. The number of aromatic nitrogens is 6.